The summed E-state index contributed by atoms with van der Waals surface area (Å²) in [7, 11) is 7.26. The monoisotopic (exact) mass is 172 g/mol. The van der Waals surface area contributed by atoms with Crippen molar-refractivity contribution in [2.24, 2.45) is 0 Å². The van der Waals surface area contributed by atoms with Crippen LogP contribution in [0.3, 0.4) is 0 Å². The van der Waals surface area contributed by atoms with Crippen LogP contribution in [0.15, 0.2) is 0 Å². The molecule has 0 aromatic rings. The van der Waals surface area contributed by atoms with E-state index in [4.69, 9.17) is 12.6 Å². The Balaban J connectivity index is 2.57. The minimum atomic E-state index is -0.505. The Bertz CT molecular complexity index is 134. The van der Waals surface area contributed by atoms with Crippen LogP contribution in [0.1, 0.15) is 13.3 Å². The van der Waals surface area contributed by atoms with E-state index in [0.717, 1.165) is 6.42 Å². The Hall–Kier alpha value is 0.335. The average Bonchev–Trinajstić information content (AvgIpc) is 2.28. The van der Waals surface area contributed by atoms with Crippen LogP contribution >= 0.6 is 11.8 Å². The molecule has 2 radical (unpaired) electrons. The lowest BCUT2D eigenvalue weighted by Crippen LogP contribution is -2.34. The fraction of sp³-hybridized carbons (Fsp3) is 1.00. The highest BCUT2D eigenvalue weighted by Gasteiger charge is 2.39. The minimum absolute atomic E-state index is 0.0833. The molecule has 1 heterocycles. The third-order valence-electron chi connectivity index (χ3n) is 2.05. The summed E-state index contributed by atoms with van der Waals surface area (Å²) in [5.74, 6) is 0. The molecule has 0 amide bonds. The van der Waals surface area contributed by atoms with Crippen LogP contribution in [0.2, 0.25) is 0 Å². The first-order chi connectivity index (χ1) is 5.20. The van der Waals surface area contributed by atoms with E-state index in [1.54, 1.807) is 18.9 Å². The highest BCUT2D eigenvalue weighted by atomic mass is 32.2. The zero-order valence-corrected chi connectivity index (χ0v) is 7.67. The molecule has 0 spiro atoms. The molecule has 11 heavy (non-hydrogen) atoms. The molecule has 1 aliphatic rings. The van der Waals surface area contributed by atoms with Crippen LogP contribution in [-0.4, -0.2) is 42.7 Å². The van der Waals surface area contributed by atoms with E-state index >= 15 is 0 Å². The van der Waals surface area contributed by atoms with Crippen molar-refractivity contribution in [3.8, 4) is 0 Å². The van der Waals surface area contributed by atoms with Gasteiger partial charge in [-0.3, -0.25) is 0 Å². The van der Waals surface area contributed by atoms with E-state index in [0.29, 0.717) is 5.25 Å². The largest absolute Gasteiger partial charge is 0.390 e. The number of hydrogen-bond acceptors (Lipinski definition) is 3. The summed E-state index contributed by atoms with van der Waals surface area (Å²) in [6, 6.07) is 0. The molecule has 0 aromatic heterocycles. The van der Waals surface area contributed by atoms with Crippen molar-refractivity contribution < 1.29 is 9.84 Å². The fourth-order valence-electron chi connectivity index (χ4n) is 1.39. The summed E-state index contributed by atoms with van der Waals surface area (Å²) < 4.78 is 5.15. The third kappa shape index (κ3) is 1.74. The molecule has 0 saturated carbocycles. The number of aliphatic hydroxyl groups is 1. The van der Waals surface area contributed by atoms with E-state index in [2.05, 4.69) is 6.92 Å². The van der Waals surface area contributed by atoms with Crippen LogP contribution in [0.5, 0.6) is 0 Å². The molecule has 1 aliphatic heterocycles. The van der Waals surface area contributed by atoms with E-state index < -0.39 is 6.10 Å². The van der Waals surface area contributed by atoms with Crippen LogP contribution in [0.25, 0.3) is 0 Å². The Kier molecular flexibility index (Phi) is 3.28. The van der Waals surface area contributed by atoms with Crippen LogP contribution in [-0.2, 0) is 4.74 Å². The van der Waals surface area contributed by atoms with E-state index in [1.165, 1.54) is 0 Å². The zero-order chi connectivity index (χ0) is 8.43. The van der Waals surface area contributed by atoms with E-state index in [9.17, 15) is 5.11 Å². The molecule has 4 heteroatoms. The summed E-state index contributed by atoms with van der Waals surface area (Å²) in [5.41, 5.74) is 0. The minimum Gasteiger partial charge on any atom is -0.390 e. The van der Waals surface area contributed by atoms with Crippen molar-refractivity contribution >= 4 is 19.6 Å². The van der Waals surface area contributed by atoms with Crippen molar-refractivity contribution in [1.82, 2.24) is 0 Å². The molecular weight excluding hydrogens is 159 g/mol. The fourth-order valence-corrected chi connectivity index (χ4v) is 2.73. The van der Waals surface area contributed by atoms with Gasteiger partial charge in [0.25, 0.3) is 0 Å². The number of rotatable bonds is 2. The van der Waals surface area contributed by atoms with Crippen molar-refractivity contribution in [3.05, 3.63) is 0 Å². The van der Waals surface area contributed by atoms with Gasteiger partial charge in [-0.05, 0) is 11.6 Å². The van der Waals surface area contributed by atoms with Crippen molar-refractivity contribution in [2.75, 3.05) is 7.11 Å². The van der Waals surface area contributed by atoms with Crippen molar-refractivity contribution in [2.45, 2.75) is 36.0 Å². The van der Waals surface area contributed by atoms with Gasteiger partial charge in [0.15, 0.2) is 0 Å². The highest BCUT2D eigenvalue weighted by molar-refractivity contribution is 8.02. The predicted octanol–water partition coefficient (Wildman–Crippen LogP) is 0.382. The summed E-state index contributed by atoms with van der Waals surface area (Å²) >= 11 is 1.61. The molecular formula is C7H13BO2S. The molecule has 2 nitrogen and oxygen atoms in total. The zero-order valence-electron chi connectivity index (χ0n) is 6.86. The Morgan fingerprint density at radius 3 is 2.64 bits per heavy atom. The second-order valence-electron chi connectivity index (χ2n) is 2.74. The Morgan fingerprint density at radius 1 is 1.64 bits per heavy atom. The van der Waals surface area contributed by atoms with E-state index in [-0.39, 0.29) is 11.3 Å². The van der Waals surface area contributed by atoms with Crippen LogP contribution in [0, 0.1) is 0 Å². The quantitative estimate of drug-likeness (QED) is 0.610. The first-order valence-corrected chi connectivity index (χ1v) is 4.77. The smallest absolute Gasteiger partial charge is 0.0951 e. The number of ether oxygens (including phenoxy) is 1. The summed E-state index contributed by atoms with van der Waals surface area (Å²) in [4.78, 5) is 0. The molecule has 0 bridgehead atoms. The van der Waals surface area contributed by atoms with Gasteiger partial charge in [0.2, 0.25) is 0 Å². The molecule has 1 rings (SSSR count). The lowest BCUT2D eigenvalue weighted by atomic mass is 9.94. The molecule has 0 aromatic carbocycles. The molecule has 0 aliphatic carbocycles. The number of thioether (sulfide) groups is 1. The van der Waals surface area contributed by atoms with Gasteiger partial charge in [-0.15, -0.1) is 0 Å². The maximum absolute atomic E-state index is 9.49. The van der Waals surface area contributed by atoms with Gasteiger partial charge in [-0.25, -0.2) is 0 Å². The van der Waals surface area contributed by atoms with Gasteiger partial charge in [0.1, 0.15) is 0 Å². The number of aliphatic hydroxyl groups excluding tert-OH is 1. The predicted molar refractivity (Wildman–Crippen MR) is 48.0 cm³/mol. The van der Waals surface area contributed by atoms with Crippen molar-refractivity contribution in [1.29, 1.82) is 0 Å². The Labute approximate surface area is 73.1 Å². The standard InChI is InChI=1S/C7H13BO2S/c1-3-4-6(10-2)5(9)7(8)11-4/h4-7,9H,3H2,1-2H3/t4-,5?,6+,7-/m1/s1. The molecule has 1 fully saturated rings. The lowest BCUT2D eigenvalue weighted by molar-refractivity contribution is 0.00308. The van der Waals surface area contributed by atoms with Gasteiger partial charge in [-0.2, -0.15) is 11.8 Å². The van der Waals surface area contributed by atoms with Gasteiger partial charge < -0.3 is 9.84 Å². The third-order valence-corrected chi connectivity index (χ3v) is 3.59. The van der Waals surface area contributed by atoms with Gasteiger partial charge >= 0.3 is 0 Å². The molecule has 62 valence electrons. The first-order valence-electron chi connectivity index (χ1n) is 3.82. The number of methoxy groups -OCH3 is 1. The molecule has 1 saturated heterocycles. The van der Waals surface area contributed by atoms with Crippen molar-refractivity contribution in [3.63, 3.8) is 0 Å². The normalized spacial score (nSPS) is 44.6. The van der Waals surface area contributed by atoms with Gasteiger partial charge in [-0.1, -0.05) is 6.92 Å². The summed E-state index contributed by atoms with van der Waals surface area (Å²) in [5, 5.41) is 9.66. The molecule has 4 atom stereocenters. The summed E-state index contributed by atoms with van der Waals surface area (Å²) in [6.07, 6.45) is 0.406. The molecule has 1 unspecified atom stereocenters. The second kappa shape index (κ2) is 3.83. The maximum Gasteiger partial charge on any atom is 0.0951 e. The van der Waals surface area contributed by atoms with Gasteiger partial charge in [0.05, 0.1) is 20.1 Å². The highest BCUT2D eigenvalue weighted by Crippen LogP contribution is 2.35. The van der Waals surface area contributed by atoms with Gasteiger partial charge in [0, 0.05) is 12.4 Å². The SMILES string of the molecule is [B][C@@H]1S[C@H](CC)[C@H](OC)C1O. The van der Waals surface area contributed by atoms with Crippen LogP contribution < -0.4 is 0 Å². The molecule has 1 N–H and O–H groups in total. The maximum atomic E-state index is 9.49. The average molecular weight is 172 g/mol. The lowest BCUT2D eigenvalue weighted by Gasteiger charge is -2.18. The van der Waals surface area contributed by atoms with Crippen LogP contribution in [0.4, 0.5) is 0 Å². The van der Waals surface area contributed by atoms with E-state index in [1.807, 2.05) is 0 Å². The topological polar surface area (TPSA) is 29.5 Å². The second-order valence-corrected chi connectivity index (χ2v) is 4.16. The first kappa shape index (κ1) is 9.42. The summed E-state index contributed by atoms with van der Waals surface area (Å²) in [6.45, 7) is 2.08. The Morgan fingerprint density at radius 2 is 2.27 bits per heavy atom. The number of hydrogen-bond donors (Lipinski definition) is 1.